The Balaban J connectivity index is 2.00. The molecule has 1 heterocycles. The molecule has 0 spiro atoms. The van der Waals surface area contributed by atoms with E-state index in [0.717, 1.165) is 32.1 Å². The first-order valence-electron chi connectivity index (χ1n) is 7.04. The van der Waals surface area contributed by atoms with E-state index in [2.05, 4.69) is 15.5 Å². The molecule has 20 heavy (non-hydrogen) atoms. The van der Waals surface area contributed by atoms with Crippen molar-refractivity contribution in [3.63, 3.8) is 0 Å². The maximum atomic E-state index is 12.2. The summed E-state index contributed by atoms with van der Waals surface area (Å²) in [5, 5.41) is 20.0. The molecular formula is C14H21N3O3. The average Bonchev–Trinajstić information content (AvgIpc) is 2.72. The maximum absolute atomic E-state index is 12.2. The number of aliphatic hydroxyl groups is 1. The number of methoxy groups -OCH3 is 1. The second-order valence-electron chi connectivity index (χ2n) is 5.12. The van der Waals surface area contributed by atoms with Crippen molar-refractivity contribution in [2.45, 2.75) is 38.1 Å². The van der Waals surface area contributed by atoms with Gasteiger partial charge in [0, 0.05) is 24.6 Å². The van der Waals surface area contributed by atoms with Crippen molar-refractivity contribution in [2.24, 2.45) is 5.92 Å². The molecule has 0 aliphatic heterocycles. The molecule has 6 heteroatoms. The molecule has 1 saturated carbocycles. The summed E-state index contributed by atoms with van der Waals surface area (Å²) >= 11 is 0. The molecule has 0 saturated heterocycles. The van der Waals surface area contributed by atoms with Crippen molar-refractivity contribution < 1.29 is 14.6 Å². The van der Waals surface area contributed by atoms with Gasteiger partial charge in [0.1, 0.15) is 0 Å². The van der Waals surface area contributed by atoms with Crippen LogP contribution in [0.5, 0.6) is 5.88 Å². The first-order chi connectivity index (χ1) is 9.74. The van der Waals surface area contributed by atoms with Crippen LogP contribution in [0.2, 0.25) is 0 Å². The zero-order valence-corrected chi connectivity index (χ0v) is 11.7. The van der Waals surface area contributed by atoms with E-state index < -0.39 is 0 Å². The third kappa shape index (κ3) is 3.66. The second kappa shape index (κ2) is 7.19. The standard InChI is InChI=1S/C14H21N3O3/c1-20-13-8-7-12(16-17-13)14(19)15-11-6-4-2-3-5-10(11)9-18/h7-8,10-11,18H,2-6,9H2,1H3,(H,15,19)/t10-,11+/m1/s1. The molecule has 1 aliphatic carbocycles. The second-order valence-corrected chi connectivity index (χ2v) is 5.12. The van der Waals surface area contributed by atoms with Gasteiger partial charge in [0.2, 0.25) is 5.88 Å². The van der Waals surface area contributed by atoms with Crippen LogP contribution in [0.3, 0.4) is 0 Å². The van der Waals surface area contributed by atoms with Gasteiger partial charge in [-0.3, -0.25) is 4.79 Å². The minimum Gasteiger partial charge on any atom is -0.480 e. The molecule has 0 unspecified atom stereocenters. The molecule has 1 aromatic heterocycles. The number of carbonyl (C=O) groups excluding carboxylic acids is 1. The average molecular weight is 279 g/mol. The molecule has 1 aliphatic rings. The number of amides is 1. The summed E-state index contributed by atoms with van der Waals surface area (Å²) in [6.45, 7) is 0.110. The Labute approximate surface area is 118 Å². The molecule has 1 aromatic rings. The van der Waals surface area contributed by atoms with Crippen molar-refractivity contribution >= 4 is 5.91 Å². The molecule has 0 bridgehead atoms. The summed E-state index contributed by atoms with van der Waals surface area (Å²) in [6, 6.07) is 3.21. The summed E-state index contributed by atoms with van der Waals surface area (Å²) in [4.78, 5) is 12.2. The fourth-order valence-electron chi connectivity index (χ4n) is 2.59. The third-order valence-corrected chi connectivity index (χ3v) is 3.79. The smallest absolute Gasteiger partial charge is 0.272 e. The fourth-order valence-corrected chi connectivity index (χ4v) is 2.59. The first-order valence-corrected chi connectivity index (χ1v) is 7.04. The third-order valence-electron chi connectivity index (χ3n) is 3.79. The maximum Gasteiger partial charge on any atom is 0.272 e. The van der Waals surface area contributed by atoms with Gasteiger partial charge in [0.25, 0.3) is 5.91 Å². The Morgan fingerprint density at radius 2 is 2.15 bits per heavy atom. The van der Waals surface area contributed by atoms with E-state index in [1.54, 1.807) is 12.1 Å². The van der Waals surface area contributed by atoms with Gasteiger partial charge in [0.15, 0.2) is 5.69 Å². The van der Waals surface area contributed by atoms with Gasteiger partial charge in [-0.1, -0.05) is 19.3 Å². The molecule has 0 aromatic carbocycles. The molecule has 1 fully saturated rings. The predicted molar refractivity (Wildman–Crippen MR) is 73.5 cm³/mol. The molecule has 2 rings (SSSR count). The van der Waals surface area contributed by atoms with Crippen molar-refractivity contribution in [2.75, 3.05) is 13.7 Å². The highest BCUT2D eigenvalue weighted by atomic mass is 16.5. The van der Waals surface area contributed by atoms with Crippen molar-refractivity contribution in [3.8, 4) is 5.88 Å². The van der Waals surface area contributed by atoms with E-state index in [-0.39, 0.29) is 30.2 Å². The number of aliphatic hydroxyl groups excluding tert-OH is 1. The number of hydrogen-bond acceptors (Lipinski definition) is 5. The van der Waals surface area contributed by atoms with Gasteiger partial charge in [0.05, 0.1) is 7.11 Å². The molecule has 2 N–H and O–H groups in total. The minimum absolute atomic E-state index is 0.0129. The zero-order chi connectivity index (χ0) is 14.4. The highest BCUT2D eigenvalue weighted by Crippen LogP contribution is 2.23. The van der Waals surface area contributed by atoms with E-state index in [0.29, 0.717) is 5.88 Å². The Kier molecular flexibility index (Phi) is 5.29. The normalized spacial score (nSPS) is 22.9. The molecule has 6 nitrogen and oxygen atoms in total. The lowest BCUT2D eigenvalue weighted by atomic mass is 9.95. The SMILES string of the molecule is COc1ccc(C(=O)N[C@H]2CCCCC[C@@H]2CO)nn1. The van der Waals surface area contributed by atoms with Crippen LogP contribution >= 0.6 is 0 Å². The minimum atomic E-state index is -0.245. The summed E-state index contributed by atoms with van der Waals surface area (Å²) < 4.78 is 4.91. The number of hydrogen-bond donors (Lipinski definition) is 2. The number of carbonyl (C=O) groups is 1. The quantitative estimate of drug-likeness (QED) is 0.808. The van der Waals surface area contributed by atoms with Gasteiger partial charge in [-0.25, -0.2) is 0 Å². The van der Waals surface area contributed by atoms with Crippen molar-refractivity contribution in [1.82, 2.24) is 15.5 Å². The molecule has 1 amide bonds. The molecular weight excluding hydrogens is 258 g/mol. The summed E-state index contributed by atoms with van der Waals surface area (Å²) in [7, 11) is 1.50. The number of nitrogens with zero attached hydrogens (tertiary/aromatic N) is 2. The van der Waals surface area contributed by atoms with Crippen molar-refractivity contribution in [3.05, 3.63) is 17.8 Å². The summed E-state index contributed by atoms with van der Waals surface area (Å²) in [6.07, 6.45) is 5.21. The molecule has 2 atom stereocenters. The van der Waals surface area contributed by atoms with Crippen LogP contribution in [0.25, 0.3) is 0 Å². The lowest BCUT2D eigenvalue weighted by Gasteiger charge is -2.24. The summed E-state index contributed by atoms with van der Waals surface area (Å²) in [5.74, 6) is 0.266. The first kappa shape index (κ1) is 14.7. The zero-order valence-electron chi connectivity index (χ0n) is 11.7. The Morgan fingerprint density at radius 1 is 1.35 bits per heavy atom. The van der Waals surface area contributed by atoms with Crippen LogP contribution in [0, 0.1) is 5.92 Å². The lowest BCUT2D eigenvalue weighted by molar-refractivity contribution is 0.0893. The number of nitrogens with one attached hydrogen (secondary N) is 1. The monoisotopic (exact) mass is 279 g/mol. The predicted octanol–water partition coefficient (Wildman–Crippen LogP) is 1.16. The van der Waals surface area contributed by atoms with Crippen LogP contribution in [-0.4, -0.2) is 41.0 Å². The van der Waals surface area contributed by atoms with E-state index in [9.17, 15) is 9.90 Å². The van der Waals surface area contributed by atoms with E-state index in [1.807, 2.05) is 0 Å². The largest absolute Gasteiger partial charge is 0.480 e. The number of ether oxygens (including phenoxy) is 1. The van der Waals surface area contributed by atoms with E-state index in [1.165, 1.54) is 7.11 Å². The Morgan fingerprint density at radius 3 is 2.80 bits per heavy atom. The van der Waals surface area contributed by atoms with Crippen molar-refractivity contribution in [1.29, 1.82) is 0 Å². The van der Waals surface area contributed by atoms with E-state index >= 15 is 0 Å². The van der Waals surface area contributed by atoms with Crippen LogP contribution in [-0.2, 0) is 0 Å². The van der Waals surface area contributed by atoms with Crippen LogP contribution in [0.15, 0.2) is 12.1 Å². The Hall–Kier alpha value is -1.69. The van der Waals surface area contributed by atoms with Gasteiger partial charge in [-0.15, -0.1) is 10.2 Å². The fraction of sp³-hybridized carbons (Fsp3) is 0.643. The molecule has 0 radical (unpaired) electrons. The van der Waals surface area contributed by atoms with Crippen LogP contribution in [0.1, 0.15) is 42.6 Å². The van der Waals surface area contributed by atoms with E-state index in [4.69, 9.17) is 4.74 Å². The highest BCUT2D eigenvalue weighted by molar-refractivity contribution is 5.92. The lowest BCUT2D eigenvalue weighted by Crippen LogP contribution is -2.41. The van der Waals surface area contributed by atoms with Gasteiger partial charge >= 0.3 is 0 Å². The van der Waals surface area contributed by atoms with Gasteiger partial charge in [-0.05, 0) is 18.9 Å². The number of aromatic nitrogens is 2. The summed E-state index contributed by atoms with van der Waals surface area (Å²) in [5.41, 5.74) is 0.270. The van der Waals surface area contributed by atoms with Gasteiger partial charge in [-0.2, -0.15) is 0 Å². The Bertz CT molecular complexity index is 436. The molecule has 110 valence electrons. The topological polar surface area (TPSA) is 84.3 Å². The highest BCUT2D eigenvalue weighted by Gasteiger charge is 2.25. The van der Waals surface area contributed by atoms with Crippen LogP contribution in [0.4, 0.5) is 0 Å². The van der Waals surface area contributed by atoms with Gasteiger partial charge < -0.3 is 15.2 Å². The number of rotatable bonds is 4. The van der Waals surface area contributed by atoms with Crippen LogP contribution < -0.4 is 10.1 Å².